The van der Waals surface area contributed by atoms with Gasteiger partial charge in [0.25, 0.3) is 15.9 Å². The van der Waals surface area contributed by atoms with Crippen LogP contribution in [0.25, 0.3) is 0 Å². The highest BCUT2D eigenvalue weighted by atomic mass is 32.2. The molecule has 8 heteroatoms. The van der Waals surface area contributed by atoms with E-state index in [0.717, 1.165) is 6.07 Å². The number of carbonyl (C=O) groups is 1. The summed E-state index contributed by atoms with van der Waals surface area (Å²) in [5.41, 5.74) is 0.718. The molecule has 0 aliphatic carbocycles. The molecule has 0 spiro atoms. The van der Waals surface area contributed by atoms with Crippen molar-refractivity contribution in [1.82, 2.24) is 4.90 Å². The molecule has 3 rings (SSSR count). The number of benzene rings is 3. The molecule has 31 heavy (non-hydrogen) atoms. The van der Waals surface area contributed by atoms with Crippen LogP contribution in [-0.4, -0.2) is 39.4 Å². The fraction of sp³-hybridized carbons (Fsp3) is 0.174. The van der Waals surface area contributed by atoms with Gasteiger partial charge in [0.05, 0.1) is 17.1 Å². The van der Waals surface area contributed by atoms with Crippen LogP contribution in [-0.2, 0) is 10.0 Å². The second-order valence-corrected chi connectivity index (χ2v) is 8.63. The topological polar surface area (TPSA) is 75.7 Å². The van der Waals surface area contributed by atoms with Crippen molar-refractivity contribution >= 4 is 21.6 Å². The van der Waals surface area contributed by atoms with Gasteiger partial charge >= 0.3 is 0 Å². The number of ether oxygens (including phenoxy) is 1. The number of nitrogens with one attached hydrogen (secondary N) is 1. The molecule has 0 radical (unpaired) electrons. The number of sulfonamides is 1. The lowest BCUT2D eigenvalue weighted by atomic mass is 10.1. The first-order valence-electron chi connectivity index (χ1n) is 9.59. The molecule has 162 valence electrons. The van der Waals surface area contributed by atoms with Gasteiger partial charge in [-0.05, 0) is 48.9 Å². The Hall–Kier alpha value is -3.39. The van der Waals surface area contributed by atoms with Gasteiger partial charge < -0.3 is 9.64 Å². The number of amides is 1. The van der Waals surface area contributed by atoms with Crippen molar-refractivity contribution in [1.29, 1.82) is 0 Å². The number of aryl methyl sites for hydroxylation is 1. The average molecular weight is 443 g/mol. The first-order chi connectivity index (χ1) is 14.8. The van der Waals surface area contributed by atoms with Crippen molar-refractivity contribution in [2.75, 3.05) is 24.9 Å². The van der Waals surface area contributed by atoms with Crippen molar-refractivity contribution < 1.29 is 22.3 Å². The van der Waals surface area contributed by atoms with Crippen LogP contribution >= 0.6 is 0 Å². The Morgan fingerprint density at radius 3 is 2.42 bits per heavy atom. The highest BCUT2D eigenvalue weighted by Crippen LogP contribution is 2.22. The average Bonchev–Trinajstić information content (AvgIpc) is 2.75. The normalized spacial score (nSPS) is 11.1. The summed E-state index contributed by atoms with van der Waals surface area (Å²) in [6.07, 6.45) is 0. The van der Waals surface area contributed by atoms with Crippen LogP contribution in [0, 0.1) is 12.7 Å². The van der Waals surface area contributed by atoms with Crippen molar-refractivity contribution in [3.63, 3.8) is 0 Å². The Kier molecular flexibility index (Phi) is 6.91. The number of rotatable bonds is 8. The SMILES string of the molecule is Cc1ccc(S(=O)(=O)Nc2ccccc2F)cc1C(=O)N(C)CCOc1ccccc1. The molecule has 1 N–H and O–H groups in total. The minimum atomic E-state index is -4.07. The Morgan fingerprint density at radius 1 is 1.03 bits per heavy atom. The molecule has 6 nitrogen and oxygen atoms in total. The monoisotopic (exact) mass is 442 g/mol. The van der Waals surface area contributed by atoms with E-state index in [0.29, 0.717) is 17.9 Å². The van der Waals surface area contributed by atoms with Crippen LogP contribution in [0.2, 0.25) is 0 Å². The van der Waals surface area contributed by atoms with Crippen molar-refractivity contribution in [2.24, 2.45) is 0 Å². The van der Waals surface area contributed by atoms with Gasteiger partial charge in [-0.2, -0.15) is 0 Å². The van der Waals surface area contributed by atoms with Crippen LogP contribution in [0.4, 0.5) is 10.1 Å². The number of hydrogen-bond acceptors (Lipinski definition) is 4. The third kappa shape index (κ3) is 5.61. The zero-order valence-electron chi connectivity index (χ0n) is 17.2. The summed E-state index contributed by atoms with van der Waals surface area (Å²) in [5.74, 6) is -0.323. The standard InChI is InChI=1S/C23H23FN2O4S/c1-17-12-13-19(31(28,29)25-22-11-7-6-10-21(22)24)16-20(17)23(27)26(2)14-15-30-18-8-4-3-5-9-18/h3-13,16,25H,14-15H2,1-2H3. The number of halogens is 1. The number of anilines is 1. The number of hydrogen-bond donors (Lipinski definition) is 1. The van der Waals surface area contributed by atoms with E-state index in [1.807, 2.05) is 30.3 Å². The van der Waals surface area contributed by atoms with Gasteiger partial charge in [0.15, 0.2) is 0 Å². The molecule has 0 saturated heterocycles. The predicted octanol–water partition coefficient (Wildman–Crippen LogP) is 4.09. The zero-order chi connectivity index (χ0) is 22.4. The number of para-hydroxylation sites is 2. The summed E-state index contributed by atoms with van der Waals surface area (Å²) in [4.78, 5) is 14.2. The minimum Gasteiger partial charge on any atom is -0.492 e. The summed E-state index contributed by atoms with van der Waals surface area (Å²) >= 11 is 0. The molecular weight excluding hydrogens is 419 g/mol. The van der Waals surface area contributed by atoms with E-state index in [-0.39, 0.29) is 28.7 Å². The summed E-state index contributed by atoms with van der Waals surface area (Å²) < 4.78 is 47.1. The molecule has 1 amide bonds. The van der Waals surface area contributed by atoms with Gasteiger partial charge in [-0.15, -0.1) is 0 Å². The molecule has 0 heterocycles. The third-order valence-corrected chi connectivity index (χ3v) is 6.02. The maximum absolute atomic E-state index is 13.9. The fourth-order valence-corrected chi connectivity index (χ4v) is 3.96. The van der Waals surface area contributed by atoms with Crippen LogP contribution in [0.15, 0.2) is 77.7 Å². The highest BCUT2D eigenvalue weighted by molar-refractivity contribution is 7.92. The zero-order valence-corrected chi connectivity index (χ0v) is 18.0. The fourth-order valence-electron chi connectivity index (χ4n) is 2.87. The molecule has 0 fully saturated rings. The van der Waals surface area contributed by atoms with Crippen LogP contribution in [0.5, 0.6) is 5.75 Å². The first-order valence-corrected chi connectivity index (χ1v) is 11.1. The summed E-state index contributed by atoms with van der Waals surface area (Å²) in [5, 5.41) is 0. The minimum absolute atomic E-state index is 0.126. The highest BCUT2D eigenvalue weighted by Gasteiger charge is 2.21. The first kappa shape index (κ1) is 22.3. The van der Waals surface area contributed by atoms with E-state index in [4.69, 9.17) is 4.74 Å². The van der Waals surface area contributed by atoms with E-state index in [1.54, 1.807) is 20.0 Å². The van der Waals surface area contributed by atoms with E-state index in [9.17, 15) is 17.6 Å². The van der Waals surface area contributed by atoms with Crippen molar-refractivity contribution in [2.45, 2.75) is 11.8 Å². The largest absolute Gasteiger partial charge is 0.492 e. The molecule has 0 atom stereocenters. The van der Waals surface area contributed by atoms with Crippen molar-refractivity contribution in [3.8, 4) is 5.75 Å². The maximum Gasteiger partial charge on any atom is 0.262 e. The number of carbonyl (C=O) groups excluding carboxylic acids is 1. The Bertz CT molecular complexity index is 1170. The molecule has 3 aromatic rings. The van der Waals surface area contributed by atoms with E-state index in [1.165, 1.54) is 35.2 Å². The Balaban J connectivity index is 1.73. The maximum atomic E-state index is 13.9. The molecule has 0 unspecified atom stereocenters. The number of nitrogens with zero attached hydrogens (tertiary/aromatic N) is 1. The second-order valence-electron chi connectivity index (χ2n) is 6.95. The molecule has 0 aliphatic rings. The van der Waals surface area contributed by atoms with Gasteiger partial charge in [-0.1, -0.05) is 36.4 Å². The van der Waals surface area contributed by atoms with Crippen LogP contribution in [0.1, 0.15) is 15.9 Å². The summed E-state index contributed by atoms with van der Waals surface area (Å²) in [6, 6.07) is 19.0. The van der Waals surface area contributed by atoms with Gasteiger partial charge in [0.1, 0.15) is 18.2 Å². The van der Waals surface area contributed by atoms with Crippen LogP contribution < -0.4 is 9.46 Å². The molecule has 0 aliphatic heterocycles. The van der Waals surface area contributed by atoms with E-state index < -0.39 is 15.8 Å². The Morgan fingerprint density at radius 2 is 1.71 bits per heavy atom. The number of likely N-dealkylation sites (N-methyl/N-ethyl adjacent to an activating group) is 1. The Labute approximate surface area is 181 Å². The van der Waals surface area contributed by atoms with Gasteiger partial charge in [0.2, 0.25) is 0 Å². The lowest BCUT2D eigenvalue weighted by Gasteiger charge is -2.19. The van der Waals surface area contributed by atoms with Crippen LogP contribution in [0.3, 0.4) is 0 Å². The molecule has 0 bridgehead atoms. The van der Waals surface area contributed by atoms with Gasteiger partial charge in [-0.25, -0.2) is 12.8 Å². The lowest BCUT2D eigenvalue weighted by molar-refractivity contribution is 0.0773. The quantitative estimate of drug-likeness (QED) is 0.570. The van der Waals surface area contributed by atoms with E-state index >= 15 is 0 Å². The molecule has 3 aromatic carbocycles. The third-order valence-electron chi connectivity index (χ3n) is 4.65. The molecular formula is C23H23FN2O4S. The summed E-state index contributed by atoms with van der Waals surface area (Å²) in [7, 11) is -2.45. The predicted molar refractivity (Wildman–Crippen MR) is 117 cm³/mol. The smallest absolute Gasteiger partial charge is 0.262 e. The van der Waals surface area contributed by atoms with E-state index in [2.05, 4.69) is 4.72 Å². The summed E-state index contributed by atoms with van der Waals surface area (Å²) in [6.45, 7) is 2.33. The molecule has 0 saturated carbocycles. The van der Waals surface area contributed by atoms with Crippen molar-refractivity contribution in [3.05, 3.63) is 89.7 Å². The van der Waals surface area contributed by atoms with Gasteiger partial charge in [0, 0.05) is 12.6 Å². The second kappa shape index (κ2) is 9.61. The molecule has 0 aromatic heterocycles. The van der Waals surface area contributed by atoms with Gasteiger partial charge in [-0.3, -0.25) is 9.52 Å². The lowest BCUT2D eigenvalue weighted by Crippen LogP contribution is -2.31.